The molecule has 0 aliphatic carbocycles. The van der Waals surface area contributed by atoms with E-state index in [1.54, 1.807) is 18.0 Å². The van der Waals surface area contributed by atoms with Crippen LogP contribution in [0, 0.1) is 0 Å². The number of nitrogens with one attached hydrogen (secondary N) is 1. The molecule has 0 saturated carbocycles. The maximum absolute atomic E-state index is 12.8. The Labute approximate surface area is 177 Å². The number of piperidine rings is 1. The lowest BCUT2D eigenvalue weighted by Crippen LogP contribution is -2.40. The number of carbonyl (C=O) groups excluding carboxylic acids is 1. The summed E-state index contributed by atoms with van der Waals surface area (Å²) in [6.45, 7) is 2.70. The van der Waals surface area contributed by atoms with Gasteiger partial charge < -0.3 is 10.1 Å². The first-order chi connectivity index (χ1) is 14.7. The summed E-state index contributed by atoms with van der Waals surface area (Å²) in [5, 5.41) is 7.36. The van der Waals surface area contributed by atoms with Crippen molar-refractivity contribution < 1.29 is 9.53 Å². The van der Waals surface area contributed by atoms with Gasteiger partial charge in [-0.05, 0) is 74.0 Å². The van der Waals surface area contributed by atoms with Gasteiger partial charge in [-0.15, -0.1) is 0 Å². The van der Waals surface area contributed by atoms with E-state index in [2.05, 4.69) is 27.4 Å². The first-order valence-corrected chi connectivity index (χ1v) is 10.5. The standard InChI is InChI=1S/C24H28N4O2/c1-30-22-12-8-19(9-13-22)23(27-15-3-2-4-16-27)18-25-24(29)20-6-10-21(11-7-20)28-17-5-14-26-28/h5-14,17,23H,2-4,15-16,18H2,1H3,(H,25,29)/t23-/m1/s1. The number of hydrogen-bond donors (Lipinski definition) is 1. The number of rotatable bonds is 7. The van der Waals surface area contributed by atoms with Crippen LogP contribution in [0.3, 0.4) is 0 Å². The van der Waals surface area contributed by atoms with Crippen molar-refractivity contribution in [3.8, 4) is 11.4 Å². The van der Waals surface area contributed by atoms with Gasteiger partial charge in [-0.2, -0.15) is 5.10 Å². The molecular weight excluding hydrogens is 376 g/mol. The van der Waals surface area contributed by atoms with Crippen LogP contribution in [0.5, 0.6) is 5.75 Å². The quantitative estimate of drug-likeness (QED) is 0.650. The third-order valence-corrected chi connectivity index (χ3v) is 5.69. The van der Waals surface area contributed by atoms with Crippen molar-refractivity contribution in [3.63, 3.8) is 0 Å². The second-order valence-electron chi connectivity index (χ2n) is 7.59. The largest absolute Gasteiger partial charge is 0.497 e. The van der Waals surface area contributed by atoms with E-state index in [1.165, 1.54) is 24.8 Å². The van der Waals surface area contributed by atoms with Crippen LogP contribution in [0.1, 0.15) is 41.2 Å². The molecule has 1 fully saturated rings. The molecular formula is C24H28N4O2. The molecule has 6 heteroatoms. The number of aromatic nitrogens is 2. The third kappa shape index (κ3) is 4.71. The Bertz CT molecular complexity index is 930. The van der Waals surface area contributed by atoms with Crippen LogP contribution in [0.15, 0.2) is 67.0 Å². The molecule has 0 unspecified atom stereocenters. The molecule has 2 heterocycles. The van der Waals surface area contributed by atoms with Gasteiger partial charge in [0.25, 0.3) is 5.91 Å². The highest BCUT2D eigenvalue weighted by Crippen LogP contribution is 2.26. The van der Waals surface area contributed by atoms with Crippen molar-refractivity contribution in [2.45, 2.75) is 25.3 Å². The van der Waals surface area contributed by atoms with Crippen molar-refractivity contribution in [1.82, 2.24) is 20.0 Å². The van der Waals surface area contributed by atoms with E-state index in [4.69, 9.17) is 4.74 Å². The van der Waals surface area contributed by atoms with Crippen LogP contribution < -0.4 is 10.1 Å². The van der Waals surface area contributed by atoms with Gasteiger partial charge in [0.05, 0.1) is 18.8 Å². The lowest BCUT2D eigenvalue weighted by molar-refractivity contribution is 0.0924. The fourth-order valence-electron chi connectivity index (χ4n) is 3.99. The third-order valence-electron chi connectivity index (χ3n) is 5.69. The number of nitrogens with zero attached hydrogens (tertiary/aromatic N) is 3. The Balaban J connectivity index is 1.45. The smallest absolute Gasteiger partial charge is 0.251 e. The van der Waals surface area contributed by atoms with E-state index >= 15 is 0 Å². The maximum atomic E-state index is 12.8. The molecule has 6 nitrogen and oxygen atoms in total. The zero-order valence-corrected chi connectivity index (χ0v) is 17.3. The molecule has 1 amide bonds. The first-order valence-electron chi connectivity index (χ1n) is 10.5. The van der Waals surface area contributed by atoms with E-state index in [1.807, 2.05) is 48.7 Å². The molecule has 1 aromatic heterocycles. The van der Waals surface area contributed by atoms with Crippen LogP contribution in [-0.2, 0) is 0 Å². The molecule has 0 spiro atoms. The molecule has 1 saturated heterocycles. The van der Waals surface area contributed by atoms with Gasteiger partial charge in [-0.1, -0.05) is 18.6 Å². The molecule has 0 radical (unpaired) electrons. The summed E-state index contributed by atoms with van der Waals surface area (Å²) in [5.74, 6) is 0.787. The zero-order valence-electron chi connectivity index (χ0n) is 17.3. The van der Waals surface area contributed by atoms with Crippen LogP contribution in [0.2, 0.25) is 0 Å². The highest BCUT2D eigenvalue weighted by molar-refractivity contribution is 5.94. The van der Waals surface area contributed by atoms with Gasteiger partial charge in [0.2, 0.25) is 0 Å². The van der Waals surface area contributed by atoms with E-state index < -0.39 is 0 Å². The van der Waals surface area contributed by atoms with Crippen molar-refractivity contribution in [3.05, 3.63) is 78.1 Å². The van der Waals surface area contributed by atoms with Crippen LogP contribution in [0.25, 0.3) is 5.69 Å². The Morgan fingerprint density at radius 2 is 1.80 bits per heavy atom. The summed E-state index contributed by atoms with van der Waals surface area (Å²) in [5.41, 5.74) is 2.78. The zero-order chi connectivity index (χ0) is 20.8. The van der Waals surface area contributed by atoms with E-state index in [0.29, 0.717) is 12.1 Å². The maximum Gasteiger partial charge on any atom is 0.251 e. The second-order valence-corrected chi connectivity index (χ2v) is 7.59. The Morgan fingerprint density at radius 3 is 2.43 bits per heavy atom. The molecule has 1 N–H and O–H groups in total. The monoisotopic (exact) mass is 404 g/mol. The molecule has 3 aromatic rings. The van der Waals surface area contributed by atoms with Crippen LogP contribution in [0.4, 0.5) is 0 Å². The topological polar surface area (TPSA) is 59.4 Å². The normalized spacial score (nSPS) is 15.5. The molecule has 4 rings (SSSR count). The van der Waals surface area contributed by atoms with E-state index in [0.717, 1.165) is 24.5 Å². The van der Waals surface area contributed by atoms with Gasteiger partial charge in [-0.3, -0.25) is 9.69 Å². The van der Waals surface area contributed by atoms with E-state index in [-0.39, 0.29) is 11.9 Å². The number of benzene rings is 2. The summed E-state index contributed by atoms with van der Waals surface area (Å²) in [7, 11) is 1.68. The predicted molar refractivity (Wildman–Crippen MR) is 117 cm³/mol. The number of hydrogen-bond acceptors (Lipinski definition) is 4. The molecule has 156 valence electrons. The average Bonchev–Trinajstić information content (AvgIpc) is 3.35. The minimum Gasteiger partial charge on any atom is -0.497 e. The minimum absolute atomic E-state index is 0.0578. The summed E-state index contributed by atoms with van der Waals surface area (Å²) in [6, 6.07) is 17.7. The van der Waals surface area contributed by atoms with Gasteiger partial charge in [-0.25, -0.2) is 4.68 Å². The Kier molecular flexibility index (Phi) is 6.44. The molecule has 1 atom stereocenters. The second kappa shape index (κ2) is 9.59. The molecule has 1 aliphatic rings. The molecule has 0 bridgehead atoms. The summed E-state index contributed by atoms with van der Waals surface area (Å²) >= 11 is 0. The highest BCUT2D eigenvalue weighted by atomic mass is 16.5. The molecule has 2 aromatic carbocycles. The number of amides is 1. The van der Waals surface area contributed by atoms with Gasteiger partial charge >= 0.3 is 0 Å². The SMILES string of the molecule is COc1ccc([C@@H](CNC(=O)c2ccc(-n3cccn3)cc2)N2CCCCC2)cc1. The van der Waals surface area contributed by atoms with Crippen LogP contribution >= 0.6 is 0 Å². The number of methoxy groups -OCH3 is 1. The predicted octanol–water partition coefficient (Wildman–Crippen LogP) is 3.84. The Morgan fingerprint density at radius 1 is 1.07 bits per heavy atom. The van der Waals surface area contributed by atoms with Crippen molar-refractivity contribution in [2.24, 2.45) is 0 Å². The van der Waals surface area contributed by atoms with Gasteiger partial charge in [0, 0.05) is 24.5 Å². The number of ether oxygens (including phenoxy) is 1. The fourth-order valence-corrected chi connectivity index (χ4v) is 3.99. The van der Waals surface area contributed by atoms with Crippen molar-refractivity contribution in [1.29, 1.82) is 0 Å². The molecule has 1 aliphatic heterocycles. The lowest BCUT2D eigenvalue weighted by Gasteiger charge is -2.35. The highest BCUT2D eigenvalue weighted by Gasteiger charge is 2.23. The summed E-state index contributed by atoms with van der Waals surface area (Å²) < 4.78 is 7.07. The van der Waals surface area contributed by atoms with Gasteiger partial charge in [0.15, 0.2) is 0 Å². The summed E-state index contributed by atoms with van der Waals surface area (Å²) in [6.07, 6.45) is 7.31. The molecule has 30 heavy (non-hydrogen) atoms. The number of carbonyl (C=O) groups is 1. The van der Waals surface area contributed by atoms with Gasteiger partial charge in [0.1, 0.15) is 5.75 Å². The lowest BCUT2D eigenvalue weighted by atomic mass is 10.0. The van der Waals surface area contributed by atoms with Crippen molar-refractivity contribution in [2.75, 3.05) is 26.7 Å². The van der Waals surface area contributed by atoms with E-state index in [9.17, 15) is 4.79 Å². The van der Waals surface area contributed by atoms with Crippen LogP contribution in [-0.4, -0.2) is 47.3 Å². The average molecular weight is 405 g/mol. The number of likely N-dealkylation sites (tertiary alicyclic amines) is 1. The first kappa shape index (κ1) is 20.2. The summed E-state index contributed by atoms with van der Waals surface area (Å²) in [4.78, 5) is 15.3. The minimum atomic E-state index is -0.0578. The fraction of sp³-hybridized carbons (Fsp3) is 0.333. The van der Waals surface area contributed by atoms with Crippen molar-refractivity contribution >= 4 is 5.91 Å². The Hall–Kier alpha value is -3.12.